The highest BCUT2D eigenvalue weighted by atomic mass is 35.5. The zero-order valence-corrected chi connectivity index (χ0v) is 12.7. The number of hydrogen-bond acceptors (Lipinski definition) is 3. The maximum atomic E-state index is 12.2. The number of anilines is 1. The third kappa shape index (κ3) is 2.98. The molecule has 0 fully saturated rings. The molecule has 0 saturated heterocycles. The van der Waals surface area contributed by atoms with Crippen molar-refractivity contribution in [2.45, 2.75) is 0 Å². The summed E-state index contributed by atoms with van der Waals surface area (Å²) in [4.78, 5) is 16.4. The Kier molecular flexibility index (Phi) is 4.13. The fourth-order valence-electron chi connectivity index (χ4n) is 1.92. The smallest absolute Gasteiger partial charge is 0.302 e. The molecule has 22 heavy (non-hydrogen) atoms. The predicted octanol–water partition coefficient (Wildman–Crippen LogP) is 4.90. The summed E-state index contributed by atoms with van der Waals surface area (Å²) in [6.45, 7) is 0. The number of amides is 1. The SMILES string of the molecule is O=C(Nc1nc(-c2ccccc2)co1)c1cccc(Cl)c1Cl. The third-order valence-electron chi connectivity index (χ3n) is 2.99. The molecule has 0 aliphatic carbocycles. The first kappa shape index (κ1) is 14.6. The fraction of sp³-hybridized carbons (Fsp3) is 0. The van der Waals surface area contributed by atoms with E-state index in [9.17, 15) is 4.79 Å². The minimum absolute atomic E-state index is 0.0971. The highest BCUT2D eigenvalue weighted by Gasteiger charge is 2.15. The lowest BCUT2D eigenvalue weighted by Gasteiger charge is -2.04. The monoisotopic (exact) mass is 332 g/mol. The summed E-state index contributed by atoms with van der Waals surface area (Å²) in [6, 6.07) is 14.4. The van der Waals surface area contributed by atoms with Gasteiger partial charge in [-0.25, -0.2) is 0 Å². The van der Waals surface area contributed by atoms with Crippen molar-refractivity contribution in [1.29, 1.82) is 0 Å². The Balaban J connectivity index is 1.81. The lowest BCUT2D eigenvalue weighted by atomic mass is 10.2. The van der Waals surface area contributed by atoms with Gasteiger partial charge >= 0.3 is 6.01 Å². The van der Waals surface area contributed by atoms with E-state index in [1.807, 2.05) is 30.3 Å². The highest BCUT2D eigenvalue weighted by molar-refractivity contribution is 6.44. The summed E-state index contributed by atoms with van der Waals surface area (Å²) in [5.41, 5.74) is 1.79. The Hall–Kier alpha value is -2.30. The van der Waals surface area contributed by atoms with E-state index in [0.717, 1.165) is 5.56 Å². The zero-order chi connectivity index (χ0) is 15.5. The molecule has 1 N–H and O–H groups in total. The molecule has 0 atom stereocenters. The minimum Gasteiger partial charge on any atom is -0.431 e. The quantitative estimate of drug-likeness (QED) is 0.742. The van der Waals surface area contributed by atoms with Crippen molar-refractivity contribution in [3.8, 4) is 11.3 Å². The standard InChI is InChI=1S/C16H10Cl2N2O2/c17-12-8-4-7-11(14(12)18)15(21)20-16-19-13(9-22-16)10-5-2-1-3-6-10/h1-9H,(H,19,20,21). The number of oxazole rings is 1. The lowest BCUT2D eigenvalue weighted by Crippen LogP contribution is -2.12. The lowest BCUT2D eigenvalue weighted by molar-refractivity contribution is 0.102. The molecule has 6 heteroatoms. The van der Waals surface area contributed by atoms with Gasteiger partial charge in [0.1, 0.15) is 12.0 Å². The van der Waals surface area contributed by atoms with Crippen LogP contribution in [0.5, 0.6) is 0 Å². The summed E-state index contributed by atoms with van der Waals surface area (Å²) in [5, 5.41) is 3.06. The van der Waals surface area contributed by atoms with Crippen LogP contribution in [0.1, 0.15) is 10.4 Å². The number of aromatic nitrogens is 1. The number of nitrogens with zero attached hydrogens (tertiary/aromatic N) is 1. The van der Waals surface area contributed by atoms with Gasteiger partial charge in [0, 0.05) is 5.56 Å². The van der Waals surface area contributed by atoms with Crippen LogP contribution in [0.25, 0.3) is 11.3 Å². The maximum Gasteiger partial charge on any atom is 0.302 e. The number of benzene rings is 2. The van der Waals surface area contributed by atoms with Crippen LogP contribution < -0.4 is 5.32 Å². The van der Waals surface area contributed by atoms with Crippen molar-refractivity contribution in [2.75, 3.05) is 5.32 Å². The van der Waals surface area contributed by atoms with Crippen molar-refractivity contribution in [2.24, 2.45) is 0 Å². The molecular formula is C16H10Cl2N2O2. The highest BCUT2D eigenvalue weighted by Crippen LogP contribution is 2.26. The second-order valence-electron chi connectivity index (χ2n) is 4.46. The second kappa shape index (κ2) is 6.22. The molecule has 0 saturated carbocycles. The molecular weight excluding hydrogens is 323 g/mol. The predicted molar refractivity (Wildman–Crippen MR) is 86.4 cm³/mol. The van der Waals surface area contributed by atoms with Gasteiger partial charge in [0.15, 0.2) is 0 Å². The Morgan fingerprint density at radius 1 is 1.05 bits per heavy atom. The second-order valence-corrected chi connectivity index (χ2v) is 5.24. The Morgan fingerprint density at radius 2 is 1.82 bits per heavy atom. The number of carbonyl (C=O) groups excluding carboxylic acids is 1. The van der Waals surface area contributed by atoms with Gasteiger partial charge in [0.25, 0.3) is 5.91 Å². The van der Waals surface area contributed by atoms with Crippen molar-refractivity contribution < 1.29 is 9.21 Å². The molecule has 2 aromatic carbocycles. The Morgan fingerprint density at radius 3 is 2.59 bits per heavy atom. The van der Waals surface area contributed by atoms with Crippen LogP contribution in [-0.4, -0.2) is 10.9 Å². The van der Waals surface area contributed by atoms with Crippen molar-refractivity contribution in [3.63, 3.8) is 0 Å². The van der Waals surface area contributed by atoms with Crippen LogP contribution in [-0.2, 0) is 0 Å². The molecule has 0 spiro atoms. The molecule has 3 rings (SSSR count). The molecule has 3 aromatic rings. The Bertz CT molecular complexity index is 816. The molecule has 1 heterocycles. The van der Waals surface area contributed by atoms with Crippen LogP contribution in [0, 0.1) is 0 Å². The molecule has 1 amide bonds. The third-order valence-corrected chi connectivity index (χ3v) is 3.81. The number of rotatable bonds is 3. The molecule has 110 valence electrons. The average molecular weight is 333 g/mol. The van der Waals surface area contributed by atoms with Gasteiger partial charge in [-0.3, -0.25) is 10.1 Å². The molecule has 0 aliphatic heterocycles. The van der Waals surface area contributed by atoms with Gasteiger partial charge < -0.3 is 4.42 Å². The fourth-order valence-corrected chi connectivity index (χ4v) is 2.30. The summed E-state index contributed by atoms with van der Waals surface area (Å²) < 4.78 is 5.26. The van der Waals surface area contributed by atoms with Crippen LogP contribution in [0.3, 0.4) is 0 Å². The van der Waals surface area contributed by atoms with E-state index in [4.69, 9.17) is 27.6 Å². The first-order valence-corrected chi connectivity index (χ1v) is 7.17. The maximum absolute atomic E-state index is 12.2. The van der Waals surface area contributed by atoms with Gasteiger partial charge in [0.2, 0.25) is 0 Å². The molecule has 0 unspecified atom stereocenters. The topological polar surface area (TPSA) is 55.1 Å². The average Bonchev–Trinajstić information content (AvgIpc) is 2.99. The van der Waals surface area contributed by atoms with E-state index in [0.29, 0.717) is 10.7 Å². The van der Waals surface area contributed by atoms with E-state index < -0.39 is 5.91 Å². The largest absolute Gasteiger partial charge is 0.431 e. The van der Waals surface area contributed by atoms with Crippen LogP contribution in [0.2, 0.25) is 10.0 Å². The molecule has 1 aromatic heterocycles. The van der Waals surface area contributed by atoms with E-state index in [1.165, 1.54) is 6.26 Å². The van der Waals surface area contributed by atoms with Crippen molar-refractivity contribution in [3.05, 3.63) is 70.4 Å². The number of carbonyl (C=O) groups is 1. The first-order valence-electron chi connectivity index (χ1n) is 6.41. The van der Waals surface area contributed by atoms with Crippen LogP contribution in [0.15, 0.2) is 59.2 Å². The summed E-state index contributed by atoms with van der Waals surface area (Å²) in [5.74, 6) is -0.436. The first-order chi connectivity index (χ1) is 10.6. The molecule has 0 bridgehead atoms. The Labute approximate surface area is 136 Å². The summed E-state index contributed by atoms with van der Waals surface area (Å²) in [6.07, 6.45) is 1.48. The summed E-state index contributed by atoms with van der Waals surface area (Å²) >= 11 is 11.9. The normalized spacial score (nSPS) is 10.5. The molecule has 4 nitrogen and oxygen atoms in total. The summed E-state index contributed by atoms with van der Waals surface area (Å²) in [7, 11) is 0. The van der Waals surface area contributed by atoms with Gasteiger partial charge in [-0.15, -0.1) is 0 Å². The van der Waals surface area contributed by atoms with Crippen LogP contribution >= 0.6 is 23.2 Å². The van der Waals surface area contributed by atoms with E-state index in [-0.39, 0.29) is 16.6 Å². The molecule has 0 aliphatic rings. The van der Waals surface area contributed by atoms with Gasteiger partial charge in [-0.05, 0) is 12.1 Å². The van der Waals surface area contributed by atoms with Crippen LogP contribution in [0.4, 0.5) is 6.01 Å². The van der Waals surface area contributed by atoms with Gasteiger partial charge in [0.05, 0.1) is 15.6 Å². The van der Waals surface area contributed by atoms with Crippen molar-refractivity contribution >= 4 is 35.1 Å². The number of nitrogens with one attached hydrogen (secondary N) is 1. The zero-order valence-electron chi connectivity index (χ0n) is 11.2. The minimum atomic E-state index is -0.436. The van der Waals surface area contributed by atoms with E-state index in [1.54, 1.807) is 18.2 Å². The number of halogens is 2. The van der Waals surface area contributed by atoms with Crippen molar-refractivity contribution in [1.82, 2.24) is 4.98 Å². The van der Waals surface area contributed by atoms with E-state index in [2.05, 4.69) is 10.3 Å². The van der Waals surface area contributed by atoms with Gasteiger partial charge in [-0.2, -0.15) is 4.98 Å². The molecule has 0 radical (unpaired) electrons. The number of hydrogen-bond donors (Lipinski definition) is 1. The van der Waals surface area contributed by atoms with E-state index >= 15 is 0 Å². The van der Waals surface area contributed by atoms with Gasteiger partial charge in [-0.1, -0.05) is 59.6 Å².